The molecule has 0 aliphatic carbocycles. The van der Waals surface area contributed by atoms with E-state index in [1.807, 2.05) is 11.8 Å². The summed E-state index contributed by atoms with van der Waals surface area (Å²) >= 11 is 6.69. The Morgan fingerprint density at radius 2 is 1.90 bits per heavy atom. The highest BCUT2D eigenvalue weighted by atomic mass is 79.9. The Morgan fingerprint density at radius 1 is 1.24 bits per heavy atom. The lowest BCUT2D eigenvalue weighted by atomic mass is 10.3. The number of thioether (sulfide) groups is 1. The summed E-state index contributed by atoms with van der Waals surface area (Å²) in [6, 6.07) is 0. The number of aromatic nitrogens is 3. The minimum absolute atomic E-state index is 0.0972. The highest BCUT2D eigenvalue weighted by Gasteiger charge is 2.28. The van der Waals surface area contributed by atoms with Crippen molar-refractivity contribution in [2.75, 3.05) is 38.2 Å². The van der Waals surface area contributed by atoms with Gasteiger partial charge in [-0.05, 0) is 22.9 Å². The number of aryl methyl sites for hydroxylation is 1. The van der Waals surface area contributed by atoms with Crippen LogP contribution >= 0.6 is 39.0 Å². The van der Waals surface area contributed by atoms with Gasteiger partial charge in [-0.2, -0.15) is 14.8 Å². The summed E-state index contributed by atoms with van der Waals surface area (Å²) in [7, 11) is 1.35. The fourth-order valence-corrected chi connectivity index (χ4v) is 5.91. The molecule has 1 fully saturated rings. The zero-order valence-corrected chi connectivity index (χ0v) is 20.3. The van der Waals surface area contributed by atoms with E-state index in [0.29, 0.717) is 39.3 Å². The lowest BCUT2D eigenvalue weighted by molar-refractivity contribution is -0.129. The molecule has 1 amide bonds. The average molecular weight is 502 g/mol. The Morgan fingerprint density at radius 3 is 2.45 bits per heavy atom. The number of anilines is 1. The molecule has 0 atom stereocenters. The molecule has 158 valence electrons. The molecule has 0 radical (unpaired) electrons. The van der Waals surface area contributed by atoms with Crippen molar-refractivity contribution in [1.82, 2.24) is 19.7 Å². The first-order valence-electron chi connectivity index (χ1n) is 9.24. The second-order valence-electron chi connectivity index (χ2n) is 6.92. The van der Waals surface area contributed by atoms with Crippen LogP contribution in [0.25, 0.3) is 5.13 Å². The second kappa shape index (κ2) is 9.05. The Kier molecular flexibility index (Phi) is 6.90. The van der Waals surface area contributed by atoms with Gasteiger partial charge >= 0.3 is 5.97 Å². The van der Waals surface area contributed by atoms with E-state index >= 15 is 0 Å². The predicted molar refractivity (Wildman–Crippen MR) is 118 cm³/mol. The monoisotopic (exact) mass is 501 g/mol. The van der Waals surface area contributed by atoms with Crippen LogP contribution in [0.3, 0.4) is 0 Å². The van der Waals surface area contributed by atoms with Crippen LogP contribution in [-0.4, -0.2) is 70.1 Å². The van der Waals surface area contributed by atoms with E-state index in [4.69, 9.17) is 9.72 Å². The van der Waals surface area contributed by atoms with E-state index < -0.39 is 5.97 Å². The van der Waals surface area contributed by atoms with Crippen molar-refractivity contribution in [3.05, 3.63) is 15.9 Å². The minimum atomic E-state index is -0.470. The smallest absolute Gasteiger partial charge is 0.358 e. The molecule has 11 heteroatoms. The fraction of sp³-hybridized carbons (Fsp3) is 0.556. The van der Waals surface area contributed by atoms with Crippen molar-refractivity contribution in [2.45, 2.75) is 37.2 Å². The number of esters is 1. The molecule has 2 aromatic rings. The number of carbonyl (C=O) groups is 2. The van der Waals surface area contributed by atoms with Crippen LogP contribution in [0.1, 0.15) is 37.0 Å². The summed E-state index contributed by atoms with van der Waals surface area (Å²) in [6.07, 6.45) is 0. The van der Waals surface area contributed by atoms with E-state index in [0.717, 1.165) is 23.1 Å². The van der Waals surface area contributed by atoms with Gasteiger partial charge in [0.15, 0.2) is 11.5 Å². The Hall–Kier alpha value is -1.59. The van der Waals surface area contributed by atoms with Gasteiger partial charge in [-0.25, -0.2) is 4.79 Å². The number of rotatable bonds is 5. The molecule has 0 aromatic carbocycles. The van der Waals surface area contributed by atoms with Crippen molar-refractivity contribution in [3.63, 3.8) is 0 Å². The summed E-state index contributed by atoms with van der Waals surface area (Å²) in [5.41, 5.74) is 1.02. The molecule has 2 aromatic heterocycles. The first-order valence-corrected chi connectivity index (χ1v) is 11.7. The van der Waals surface area contributed by atoms with E-state index in [2.05, 4.69) is 39.8 Å². The standard InChI is InChI=1S/C18H24BrN5O3S2/c1-10(2)28-17-15(23-8-6-22(7-9-23)12(4)25)20-18(29-17)24-14(16(26)27-5)13(19)11(3)21-24/h10H,6-9H2,1-5H3. The average Bonchev–Trinajstić information content (AvgIpc) is 3.22. The van der Waals surface area contributed by atoms with Crippen LogP contribution in [0.5, 0.6) is 0 Å². The van der Waals surface area contributed by atoms with Crippen molar-refractivity contribution in [3.8, 4) is 5.13 Å². The Labute approximate surface area is 186 Å². The third-order valence-corrected chi connectivity index (χ3v) is 7.65. The molecule has 29 heavy (non-hydrogen) atoms. The lowest BCUT2D eigenvalue weighted by Gasteiger charge is -2.34. The number of ether oxygens (including phenoxy) is 1. The van der Waals surface area contributed by atoms with Crippen LogP contribution in [-0.2, 0) is 9.53 Å². The van der Waals surface area contributed by atoms with Gasteiger partial charge < -0.3 is 14.5 Å². The van der Waals surface area contributed by atoms with Gasteiger partial charge in [0.1, 0.15) is 4.21 Å². The number of methoxy groups -OCH3 is 1. The van der Waals surface area contributed by atoms with Crippen LogP contribution in [0.4, 0.5) is 5.82 Å². The van der Waals surface area contributed by atoms with Gasteiger partial charge in [0.25, 0.3) is 0 Å². The third kappa shape index (κ3) is 4.61. The molecule has 3 heterocycles. The van der Waals surface area contributed by atoms with E-state index in [1.54, 1.807) is 23.4 Å². The minimum Gasteiger partial charge on any atom is -0.464 e. The molecule has 8 nitrogen and oxygen atoms in total. The number of carbonyl (C=O) groups excluding carboxylic acids is 2. The van der Waals surface area contributed by atoms with Crippen molar-refractivity contribution in [2.24, 2.45) is 0 Å². The normalized spacial score (nSPS) is 14.6. The van der Waals surface area contributed by atoms with E-state index in [9.17, 15) is 9.59 Å². The molecule has 0 spiro atoms. The van der Waals surface area contributed by atoms with E-state index in [1.165, 1.54) is 18.4 Å². The van der Waals surface area contributed by atoms with Crippen LogP contribution in [0.15, 0.2) is 8.68 Å². The number of piperazine rings is 1. The van der Waals surface area contributed by atoms with Gasteiger partial charge in [-0.15, -0.1) is 11.8 Å². The number of nitrogens with zero attached hydrogens (tertiary/aromatic N) is 5. The summed E-state index contributed by atoms with van der Waals surface area (Å²) in [5.74, 6) is 0.509. The summed E-state index contributed by atoms with van der Waals surface area (Å²) in [5, 5.41) is 5.50. The number of halogens is 1. The highest BCUT2D eigenvalue weighted by molar-refractivity contribution is 9.10. The topological polar surface area (TPSA) is 80.6 Å². The van der Waals surface area contributed by atoms with Gasteiger partial charge in [0, 0.05) is 38.4 Å². The van der Waals surface area contributed by atoms with Crippen molar-refractivity contribution < 1.29 is 14.3 Å². The van der Waals surface area contributed by atoms with E-state index in [-0.39, 0.29) is 5.91 Å². The molecule has 0 unspecified atom stereocenters. The maximum absolute atomic E-state index is 12.3. The number of hydrogen-bond donors (Lipinski definition) is 0. The first kappa shape index (κ1) is 22.1. The van der Waals surface area contributed by atoms with Crippen LogP contribution in [0.2, 0.25) is 0 Å². The summed E-state index contributed by atoms with van der Waals surface area (Å²) in [6.45, 7) is 10.5. The molecule has 0 N–H and O–H groups in total. The number of amides is 1. The van der Waals surface area contributed by atoms with Gasteiger partial charge in [-0.1, -0.05) is 25.2 Å². The highest BCUT2D eigenvalue weighted by Crippen LogP contribution is 2.40. The fourth-order valence-electron chi connectivity index (χ4n) is 3.02. The first-order chi connectivity index (χ1) is 13.7. The van der Waals surface area contributed by atoms with Crippen LogP contribution in [0, 0.1) is 6.92 Å². The molecular formula is C18H24BrN5O3S2. The SMILES string of the molecule is COC(=O)c1c(Br)c(C)nn1-c1nc(N2CCN(C(C)=O)CC2)c(SC(C)C)s1. The predicted octanol–water partition coefficient (Wildman–Crippen LogP) is 3.36. The maximum atomic E-state index is 12.3. The molecule has 0 saturated carbocycles. The quantitative estimate of drug-likeness (QED) is 0.458. The number of hydrogen-bond acceptors (Lipinski definition) is 8. The molecule has 0 bridgehead atoms. The van der Waals surface area contributed by atoms with Crippen LogP contribution < -0.4 is 4.90 Å². The van der Waals surface area contributed by atoms with Gasteiger partial charge in [0.2, 0.25) is 11.0 Å². The summed E-state index contributed by atoms with van der Waals surface area (Å²) in [4.78, 5) is 32.9. The molecule has 1 saturated heterocycles. The zero-order chi connectivity index (χ0) is 21.3. The van der Waals surface area contributed by atoms with Gasteiger partial charge in [-0.3, -0.25) is 4.79 Å². The Bertz CT molecular complexity index is 919. The van der Waals surface area contributed by atoms with Gasteiger partial charge in [0.05, 0.1) is 17.3 Å². The summed E-state index contributed by atoms with van der Waals surface area (Å²) < 4.78 is 8.17. The number of thiazole rings is 1. The Balaban J connectivity index is 2.00. The van der Waals surface area contributed by atoms with Crippen molar-refractivity contribution in [1.29, 1.82) is 0 Å². The maximum Gasteiger partial charge on any atom is 0.358 e. The largest absolute Gasteiger partial charge is 0.464 e. The molecule has 3 rings (SSSR count). The molecule has 1 aliphatic rings. The molecular weight excluding hydrogens is 478 g/mol. The van der Waals surface area contributed by atoms with Crippen molar-refractivity contribution >= 4 is 56.7 Å². The third-order valence-electron chi connectivity index (χ3n) is 4.48. The lowest BCUT2D eigenvalue weighted by Crippen LogP contribution is -2.48. The second-order valence-corrected chi connectivity index (χ2v) is 10.5. The molecule has 1 aliphatic heterocycles. The zero-order valence-electron chi connectivity index (χ0n) is 17.1.